The van der Waals surface area contributed by atoms with Crippen LogP contribution in [0.15, 0.2) is 108 Å². The maximum Gasteiger partial charge on any atom is 0.344 e. The van der Waals surface area contributed by atoms with Crippen LogP contribution in [0.3, 0.4) is 0 Å². The summed E-state index contributed by atoms with van der Waals surface area (Å²) < 4.78 is 11.0. The van der Waals surface area contributed by atoms with Crippen molar-refractivity contribution in [3.05, 3.63) is 94.8 Å². The van der Waals surface area contributed by atoms with E-state index in [1.165, 1.54) is 23.5 Å². The Balaban J connectivity index is 1.63. The van der Waals surface area contributed by atoms with Crippen molar-refractivity contribution in [2.45, 2.75) is 16.9 Å². The molecule has 0 amide bonds. The summed E-state index contributed by atoms with van der Waals surface area (Å²) in [5.41, 5.74) is 0.743. The van der Waals surface area contributed by atoms with Crippen molar-refractivity contribution >= 4 is 46.3 Å². The number of benzene rings is 2. The van der Waals surface area contributed by atoms with Crippen LogP contribution in [0.25, 0.3) is 6.08 Å². The van der Waals surface area contributed by atoms with Gasteiger partial charge in [0.15, 0.2) is 5.09 Å². The van der Waals surface area contributed by atoms with Crippen LogP contribution in [0.5, 0.6) is 0 Å². The van der Waals surface area contributed by atoms with Gasteiger partial charge in [0, 0.05) is 4.90 Å². The molecule has 0 fully saturated rings. The fourth-order valence-corrected chi connectivity index (χ4v) is 4.63. The number of nitrogens with zero attached hydrogens (tertiary/aromatic N) is 1. The van der Waals surface area contributed by atoms with Gasteiger partial charge in [-0.05, 0) is 49.4 Å². The molecular formula is C24H19NO4S2. The van der Waals surface area contributed by atoms with Crippen molar-refractivity contribution in [3.8, 4) is 0 Å². The normalized spacial score (nSPS) is 16.3. The SMILES string of the molecule is CCOC(=O)C1=C(O)/C(=C/c2ccc(Sc3ccccc3)o2)SC1=Nc1ccccc1. The van der Waals surface area contributed by atoms with E-state index in [1.54, 1.807) is 13.0 Å². The largest absolute Gasteiger partial charge is 0.506 e. The molecule has 31 heavy (non-hydrogen) atoms. The molecule has 5 nitrogen and oxygen atoms in total. The van der Waals surface area contributed by atoms with Gasteiger partial charge in [0.05, 0.1) is 17.2 Å². The smallest absolute Gasteiger partial charge is 0.344 e. The Morgan fingerprint density at radius 2 is 1.81 bits per heavy atom. The van der Waals surface area contributed by atoms with E-state index >= 15 is 0 Å². The van der Waals surface area contributed by atoms with Gasteiger partial charge in [-0.25, -0.2) is 9.79 Å². The van der Waals surface area contributed by atoms with Gasteiger partial charge in [0.25, 0.3) is 0 Å². The van der Waals surface area contributed by atoms with Crippen LogP contribution < -0.4 is 0 Å². The molecule has 1 aliphatic heterocycles. The topological polar surface area (TPSA) is 72.0 Å². The molecule has 156 valence electrons. The van der Waals surface area contributed by atoms with Crippen molar-refractivity contribution < 1.29 is 19.1 Å². The fourth-order valence-electron chi connectivity index (χ4n) is 2.81. The van der Waals surface area contributed by atoms with E-state index < -0.39 is 5.97 Å². The van der Waals surface area contributed by atoms with Gasteiger partial charge in [-0.1, -0.05) is 59.9 Å². The molecule has 0 unspecified atom stereocenters. The Morgan fingerprint density at radius 1 is 1.10 bits per heavy atom. The van der Waals surface area contributed by atoms with E-state index in [1.807, 2.05) is 72.8 Å². The summed E-state index contributed by atoms with van der Waals surface area (Å²) in [4.78, 5) is 18.5. The average Bonchev–Trinajstić information content (AvgIpc) is 3.34. The number of ether oxygens (including phenoxy) is 1. The maximum atomic E-state index is 12.5. The number of carbonyl (C=O) groups is 1. The summed E-state index contributed by atoms with van der Waals surface area (Å²) in [6, 6.07) is 22.9. The van der Waals surface area contributed by atoms with Gasteiger partial charge >= 0.3 is 5.97 Å². The van der Waals surface area contributed by atoms with E-state index in [2.05, 4.69) is 4.99 Å². The lowest BCUT2D eigenvalue weighted by atomic mass is 10.2. The molecule has 4 rings (SSSR count). The zero-order chi connectivity index (χ0) is 21.6. The highest BCUT2D eigenvalue weighted by atomic mass is 32.2. The quantitative estimate of drug-likeness (QED) is 0.426. The molecular weight excluding hydrogens is 430 g/mol. The summed E-state index contributed by atoms with van der Waals surface area (Å²) in [6.07, 6.45) is 1.70. The number of hydrogen-bond donors (Lipinski definition) is 1. The number of aliphatic imine (C=N–C) groups is 1. The zero-order valence-corrected chi connectivity index (χ0v) is 18.3. The van der Waals surface area contributed by atoms with Gasteiger partial charge in [-0.15, -0.1) is 0 Å². The molecule has 0 saturated heterocycles. The molecule has 0 spiro atoms. The number of aliphatic hydroxyl groups is 1. The number of aliphatic hydroxyl groups excluding tert-OH is 1. The first kappa shape index (κ1) is 21.1. The molecule has 2 heterocycles. The predicted octanol–water partition coefficient (Wildman–Crippen LogP) is 6.62. The van der Waals surface area contributed by atoms with Gasteiger partial charge in [0.1, 0.15) is 22.1 Å². The number of hydrogen-bond acceptors (Lipinski definition) is 7. The monoisotopic (exact) mass is 449 g/mol. The standard InChI is InChI=1S/C24H19NO4S2/c1-2-28-24(27)21-22(26)19(31-23(21)25-16-9-5-3-6-10-16)15-17-13-14-20(29-17)30-18-11-7-4-8-12-18/h3-15,26H,2H2,1H3/b19-15-,25-23?. The lowest BCUT2D eigenvalue weighted by Crippen LogP contribution is -2.12. The molecule has 2 aromatic carbocycles. The van der Waals surface area contributed by atoms with E-state index in [-0.39, 0.29) is 17.9 Å². The summed E-state index contributed by atoms with van der Waals surface area (Å²) >= 11 is 2.71. The fraction of sp³-hybridized carbons (Fsp3) is 0.0833. The summed E-state index contributed by atoms with van der Waals surface area (Å²) in [5, 5.41) is 11.9. The van der Waals surface area contributed by atoms with Crippen molar-refractivity contribution in [1.82, 2.24) is 0 Å². The molecule has 0 saturated carbocycles. The Hall–Kier alpha value is -3.16. The highest BCUT2D eigenvalue weighted by molar-refractivity contribution is 8.18. The summed E-state index contributed by atoms with van der Waals surface area (Å²) in [5.74, 6) is -0.200. The van der Waals surface area contributed by atoms with Gasteiger partial charge < -0.3 is 14.3 Å². The molecule has 0 bridgehead atoms. The molecule has 0 atom stereocenters. The second-order valence-electron chi connectivity index (χ2n) is 6.38. The average molecular weight is 450 g/mol. The van der Waals surface area contributed by atoms with E-state index in [4.69, 9.17) is 9.15 Å². The van der Waals surface area contributed by atoms with Crippen LogP contribution >= 0.6 is 23.5 Å². The first-order chi connectivity index (χ1) is 15.1. The molecule has 7 heteroatoms. The lowest BCUT2D eigenvalue weighted by Gasteiger charge is -2.03. The maximum absolute atomic E-state index is 12.5. The number of para-hydroxylation sites is 1. The number of furan rings is 1. The van der Waals surface area contributed by atoms with Gasteiger partial charge in [0.2, 0.25) is 0 Å². The Morgan fingerprint density at radius 3 is 2.52 bits per heavy atom. The Kier molecular flexibility index (Phi) is 6.64. The van der Waals surface area contributed by atoms with E-state index in [0.29, 0.717) is 21.4 Å². The number of thioether (sulfide) groups is 1. The van der Waals surface area contributed by atoms with Crippen LogP contribution in [0.4, 0.5) is 5.69 Å². The third-order valence-corrected chi connectivity index (χ3v) is 6.14. The second-order valence-corrected chi connectivity index (χ2v) is 8.49. The van der Waals surface area contributed by atoms with Crippen LogP contribution in [0.2, 0.25) is 0 Å². The minimum atomic E-state index is -0.606. The molecule has 0 aliphatic carbocycles. The molecule has 1 N–H and O–H groups in total. The second kappa shape index (κ2) is 9.76. The summed E-state index contributed by atoms with van der Waals surface area (Å²) in [7, 11) is 0. The van der Waals surface area contributed by atoms with Crippen LogP contribution in [0.1, 0.15) is 12.7 Å². The number of esters is 1. The minimum Gasteiger partial charge on any atom is -0.506 e. The molecule has 1 aliphatic rings. The molecule has 0 radical (unpaired) electrons. The number of rotatable bonds is 6. The third kappa shape index (κ3) is 5.13. The van der Waals surface area contributed by atoms with Crippen molar-refractivity contribution in [3.63, 3.8) is 0 Å². The highest BCUT2D eigenvalue weighted by Gasteiger charge is 2.33. The van der Waals surface area contributed by atoms with Gasteiger partial charge in [-0.2, -0.15) is 0 Å². The molecule has 1 aromatic heterocycles. The number of carbonyl (C=O) groups excluding carboxylic acids is 1. The zero-order valence-electron chi connectivity index (χ0n) is 16.6. The Bertz CT molecular complexity index is 1160. The highest BCUT2D eigenvalue weighted by Crippen LogP contribution is 2.40. The minimum absolute atomic E-state index is 0.0624. The van der Waals surface area contributed by atoms with Crippen molar-refractivity contribution in [2.75, 3.05) is 6.61 Å². The Labute approximate surface area is 188 Å². The lowest BCUT2D eigenvalue weighted by molar-refractivity contribution is -0.138. The third-order valence-electron chi connectivity index (χ3n) is 4.19. The van der Waals surface area contributed by atoms with Crippen LogP contribution in [0, 0.1) is 0 Å². The van der Waals surface area contributed by atoms with E-state index in [0.717, 1.165) is 9.99 Å². The van der Waals surface area contributed by atoms with Crippen LogP contribution in [-0.2, 0) is 9.53 Å². The predicted molar refractivity (Wildman–Crippen MR) is 125 cm³/mol. The summed E-state index contributed by atoms with van der Waals surface area (Å²) in [6.45, 7) is 1.92. The van der Waals surface area contributed by atoms with Gasteiger partial charge in [-0.3, -0.25) is 0 Å². The van der Waals surface area contributed by atoms with E-state index in [9.17, 15) is 9.90 Å². The van der Waals surface area contributed by atoms with Crippen molar-refractivity contribution in [1.29, 1.82) is 0 Å². The first-order valence-electron chi connectivity index (χ1n) is 9.61. The molecule has 3 aromatic rings. The van der Waals surface area contributed by atoms with Crippen LogP contribution in [-0.4, -0.2) is 22.7 Å². The van der Waals surface area contributed by atoms with Crippen molar-refractivity contribution in [2.24, 2.45) is 4.99 Å². The first-order valence-corrected chi connectivity index (χ1v) is 11.2.